The lowest BCUT2D eigenvalue weighted by atomic mass is 9.43. The van der Waals surface area contributed by atoms with Gasteiger partial charge in [-0.05, 0) is 149 Å². The van der Waals surface area contributed by atoms with Crippen LogP contribution >= 0.6 is 0 Å². The molecule has 5 rings (SSSR count). The lowest BCUT2D eigenvalue weighted by Gasteiger charge is -2.62. The fourth-order valence-corrected chi connectivity index (χ4v) is 11.6. The number of hydrogen-bond donors (Lipinski definition) is 6. The SMILES string of the molecule is COC(=O)[C@H](Cc1ccccc1)NC(=O)CC[C@@H](C)[C@H]1CC[C@H]2[C@@H]3[C@H](O)C[C@@H]4C[C@@H](NCCCNCCNCCCN)CC[C@]4(C)[C@H]3CC[C@]12C. The first-order chi connectivity index (χ1) is 24.6. The van der Waals surface area contributed by atoms with Gasteiger partial charge in [0.05, 0.1) is 13.2 Å². The topological polar surface area (TPSA) is 138 Å². The average molecular weight is 710 g/mol. The summed E-state index contributed by atoms with van der Waals surface area (Å²) in [4.78, 5) is 25.7. The number of aliphatic hydroxyl groups excluding tert-OH is 1. The molecule has 4 saturated carbocycles. The molecule has 0 aromatic heterocycles. The molecule has 9 nitrogen and oxygen atoms in total. The molecule has 1 aromatic carbocycles. The molecule has 4 fully saturated rings. The first kappa shape index (κ1) is 40.2. The second kappa shape index (κ2) is 18.8. The quantitative estimate of drug-likeness (QED) is 0.0890. The molecule has 0 unspecified atom stereocenters. The van der Waals surface area contributed by atoms with Crippen molar-refractivity contribution in [2.75, 3.05) is 46.4 Å². The van der Waals surface area contributed by atoms with Crippen LogP contribution in [0.3, 0.4) is 0 Å². The Kier molecular flexibility index (Phi) is 14.8. The Balaban J connectivity index is 1.09. The summed E-state index contributed by atoms with van der Waals surface area (Å²) in [5.41, 5.74) is 7.07. The molecular weight excluding hydrogens is 638 g/mol. The van der Waals surface area contributed by atoms with Crippen molar-refractivity contribution in [3.63, 3.8) is 0 Å². The molecular formula is C42H71N5O4. The number of hydrogen-bond acceptors (Lipinski definition) is 8. The molecule has 0 heterocycles. The largest absolute Gasteiger partial charge is 0.467 e. The van der Waals surface area contributed by atoms with Crippen LogP contribution in [0, 0.1) is 46.3 Å². The van der Waals surface area contributed by atoms with Crippen molar-refractivity contribution in [3.8, 4) is 0 Å². The number of aliphatic hydroxyl groups is 1. The van der Waals surface area contributed by atoms with Gasteiger partial charge in [0.25, 0.3) is 0 Å². The molecule has 7 N–H and O–H groups in total. The fraction of sp³-hybridized carbons (Fsp3) is 0.810. The Morgan fingerprint density at radius 2 is 1.63 bits per heavy atom. The lowest BCUT2D eigenvalue weighted by molar-refractivity contribution is -0.167. The van der Waals surface area contributed by atoms with Gasteiger partial charge in [-0.2, -0.15) is 0 Å². The van der Waals surface area contributed by atoms with E-state index < -0.39 is 12.0 Å². The third kappa shape index (κ3) is 9.74. The fourth-order valence-electron chi connectivity index (χ4n) is 11.6. The minimum Gasteiger partial charge on any atom is -0.467 e. The molecule has 4 aliphatic carbocycles. The van der Waals surface area contributed by atoms with Crippen LogP contribution < -0.4 is 27.0 Å². The molecule has 0 radical (unpaired) electrons. The molecule has 288 valence electrons. The number of carbonyl (C=O) groups is 2. The number of esters is 1. The number of fused-ring (bicyclic) bond motifs is 5. The molecule has 51 heavy (non-hydrogen) atoms. The maximum absolute atomic E-state index is 13.2. The molecule has 4 aliphatic rings. The van der Waals surface area contributed by atoms with Crippen molar-refractivity contribution in [2.45, 2.75) is 122 Å². The van der Waals surface area contributed by atoms with Crippen molar-refractivity contribution < 1.29 is 19.4 Å². The van der Waals surface area contributed by atoms with E-state index in [9.17, 15) is 14.7 Å². The number of methoxy groups -OCH3 is 1. The second-order valence-electron chi connectivity index (χ2n) is 17.3. The van der Waals surface area contributed by atoms with Crippen molar-refractivity contribution >= 4 is 11.9 Å². The number of nitrogens with two attached hydrogens (primary N) is 1. The summed E-state index contributed by atoms with van der Waals surface area (Å²) in [5.74, 6) is 2.62. The molecule has 9 heteroatoms. The monoisotopic (exact) mass is 710 g/mol. The Labute approximate surface area is 308 Å². The van der Waals surface area contributed by atoms with Gasteiger partial charge in [0.1, 0.15) is 6.04 Å². The highest BCUT2D eigenvalue weighted by Gasteiger charge is 2.62. The summed E-state index contributed by atoms with van der Waals surface area (Å²) >= 11 is 0. The summed E-state index contributed by atoms with van der Waals surface area (Å²) in [6, 6.07) is 9.65. The lowest BCUT2D eigenvalue weighted by Crippen LogP contribution is -2.59. The third-order valence-electron chi connectivity index (χ3n) is 14.4. The van der Waals surface area contributed by atoms with Gasteiger partial charge in [0.15, 0.2) is 0 Å². The second-order valence-corrected chi connectivity index (χ2v) is 17.3. The van der Waals surface area contributed by atoms with Crippen LogP contribution in [0.25, 0.3) is 0 Å². The summed E-state index contributed by atoms with van der Waals surface area (Å²) in [5, 5.41) is 25.7. The Hall–Kier alpha value is -2.04. The van der Waals surface area contributed by atoms with Gasteiger partial charge in [-0.1, -0.05) is 51.1 Å². The summed E-state index contributed by atoms with van der Waals surface area (Å²) in [6.07, 6.45) is 13.1. The average Bonchev–Trinajstić information content (AvgIpc) is 3.48. The van der Waals surface area contributed by atoms with E-state index in [4.69, 9.17) is 10.5 Å². The third-order valence-corrected chi connectivity index (χ3v) is 14.4. The van der Waals surface area contributed by atoms with Gasteiger partial charge in [-0.3, -0.25) is 4.79 Å². The smallest absolute Gasteiger partial charge is 0.328 e. The highest BCUT2D eigenvalue weighted by molar-refractivity contribution is 5.84. The minimum atomic E-state index is -0.681. The summed E-state index contributed by atoms with van der Waals surface area (Å²) < 4.78 is 5.02. The van der Waals surface area contributed by atoms with E-state index in [1.807, 2.05) is 30.3 Å². The van der Waals surface area contributed by atoms with E-state index in [1.165, 1.54) is 52.1 Å². The van der Waals surface area contributed by atoms with Crippen molar-refractivity contribution in [1.29, 1.82) is 0 Å². The molecule has 11 atom stereocenters. The van der Waals surface area contributed by atoms with E-state index in [0.29, 0.717) is 59.8 Å². The Morgan fingerprint density at radius 3 is 2.35 bits per heavy atom. The van der Waals surface area contributed by atoms with Crippen molar-refractivity contribution in [3.05, 3.63) is 35.9 Å². The molecule has 1 aromatic rings. The molecule has 0 bridgehead atoms. The van der Waals surface area contributed by atoms with E-state index in [1.54, 1.807) is 0 Å². The van der Waals surface area contributed by atoms with E-state index in [2.05, 4.69) is 42.0 Å². The Bertz CT molecular complexity index is 1230. The number of carbonyl (C=O) groups excluding carboxylic acids is 2. The molecule has 0 saturated heterocycles. The summed E-state index contributed by atoms with van der Waals surface area (Å²) in [6.45, 7) is 13.3. The van der Waals surface area contributed by atoms with Crippen LogP contribution in [-0.2, 0) is 20.7 Å². The number of amides is 1. The zero-order valence-corrected chi connectivity index (χ0v) is 32.3. The molecule has 0 spiro atoms. The van der Waals surface area contributed by atoms with E-state index >= 15 is 0 Å². The van der Waals surface area contributed by atoms with Crippen LogP contribution in [0.5, 0.6) is 0 Å². The number of ether oxygens (including phenoxy) is 1. The van der Waals surface area contributed by atoms with Gasteiger partial charge in [0, 0.05) is 32.0 Å². The van der Waals surface area contributed by atoms with Gasteiger partial charge < -0.3 is 36.8 Å². The van der Waals surface area contributed by atoms with Gasteiger partial charge >= 0.3 is 5.97 Å². The minimum absolute atomic E-state index is 0.0812. The number of nitrogens with one attached hydrogen (secondary N) is 4. The molecule has 1 amide bonds. The first-order valence-electron chi connectivity index (χ1n) is 20.5. The molecule has 0 aliphatic heterocycles. The number of benzene rings is 1. The zero-order valence-electron chi connectivity index (χ0n) is 32.3. The Morgan fingerprint density at radius 1 is 0.922 bits per heavy atom. The maximum Gasteiger partial charge on any atom is 0.328 e. The van der Waals surface area contributed by atoms with Crippen molar-refractivity contribution in [1.82, 2.24) is 21.3 Å². The van der Waals surface area contributed by atoms with Gasteiger partial charge in [-0.15, -0.1) is 0 Å². The predicted octanol–water partition coefficient (Wildman–Crippen LogP) is 4.81. The number of rotatable bonds is 19. The normalized spacial score (nSPS) is 34.1. The van der Waals surface area contributed by atoms with Gasteiger partial charge in [0.2, 0.25) is 5.91 Å². The highest BCUT2D eigenvalue weighted by atomic mass is 16.5. The van der Waals surface area contributed by atoms with Crippen LogP contribution in [0.4, 0.5) is 0 Å². The van der Waals surface area contributed by atoms with Gasteiger partial charge in [-0.25, -0.2) is 4.79 Å². The standard InChI is InChI=1S/C42H71N5O4/c1-29(12-15-38(49)47-36(40(50)51-4)26-30-10-6-5-7-11-30)33-13-14-34-39-35(17-19-42(33,34)3)41(2)18-16-32(27-31(41)28-37(39)48)46-23-9-22-45-25-24-44-21-8-20-43/h5-7,10-11,29,31-37,39,44-46,48H,8-9,12-28,43H2,1-4H3,(H,47,49)/t29-,31+,32+,33-,34+,35+,36+,37-,39+,41+,42-/m1/s1. The van der Waals surface area contributed by atoms with Crippen molar-refractivity contribution in [2.24, 2.45) is 52.1 Å². The highest BCUT2D eigenvalue weighted by Crippen LogP contribution is 2.68. The van der Waals surface area contributed by atoms with E-state index in [0.717, 1.165) is 70.5 Å². The van der Waals surface area contributed by atoms with E-state index in [-0.39, 0.29) is 17.4 Å². The van der Waals surface area contributed by atoms with Crippen LogP contribution in [-0.4, -0.2) is 81.5 Å². The van der Waals surface area contributed by atoms with Crippen LogP contribution in [0.15, 0.2) is 30.3 Å². The zero-order chi connectivity index (χ0) is 36.4. The first-order valence-corrected chi connectivity index (χ1v) is 20.5. The van der Waals surface area contributed by atoms with Crippen LogP contribution in [0.2, 0.25) is 0 Å². The predicted molar refractivity (Wildman–Crippen MR) is 205 cm³/mol. The van der Waals surface area contributed by atoms with Crippen LogP contribution in [0.1, 0.15) is 103 Å². The summed E-state index contributed by atoms with van der Waals surface area (Å²) in [7, 11) is 1.38. The maximum atomic E-state index is 13.2.